The van der Waals surface area contributed by atoms with Gasteiger partial charge in [-0.2, -0.15) is 0 Å². The molecule has 0 saturated carbocycles. The molecule has 2 aromatic rings. The van der Waals surface area contributed by atoms with E-state index in [-0.39, 0.29) is 12.7 Å². The third-order valence-electron chi connectivity index (χ3n) is 4.48. The van der Waals surface area contributed by atoms with Crippen LogP contribution in [0.2, 0.25) is 0 Å². The van der Waals surface area contributed by atoms with E-state index < -0.39 is 11.9 Å². The number of hydrogen-bond donors (Lipinski definition) is 1. The summed E-state index contributed by atoms with van der Waals surface area (Å²) in [6.07, 6.45) is 0. The highest BCUT2D eigenvalue weighted by molar-refractivity contribution is 6.10. The van der Waals surface area contributed by atoms with Gasteiger partial charge in [-0.15, -0.1) is 0 Å². The van der Waals surface area contributed by atoms with Crippen LogP contribution in [0.5, 0.6) is 11.5 Å². The van der Waals surface area contributed by atoms with Crippen molar-refractivity contribution < 1.29 is 24.2 Å². The molecule has 1 amide bonds. The number of rotatable bonds is 3. The molecule has 2 heterocycles. The number of hydrogen-bond acceptors (Lipinski definition) is 4. The second-order valence-electron chi connectivity index (χ2n) is 5.91. The third-order valence-corrected chi connectivity index (χ3v) is 4.48. The number of benzene rings is 2. The summed E-state index contributed by atoms with van der Waals surface area (Å²) in [7, 11) is 0. The van der Waals surface area contributed by atoms with Crippen LogP contribution in [0.1, 0.15) is 34.3 Å². The number of fused-ring (bicyclic) bond motifs is 2. The Morgan fingerprint density at radius 3 is 2.50 bits per heavy atom. The van der Waals surface area contributed by atoms with Crippen LogP contribution in [0.15, 0.2) is 36.4 Å². The van der Waals surface area contributed by atoms with Crippen LogP contribution in [0.4, 0.5) is 5.69 Å². The first-order valence-electron chi connectivity index (χ1n) is 7.62. The van der Waals surface area contributed by atoms with Gasteiger partial charge in [0.15, 0.2) is 11.5 Å². The van der Waals surface area contributed by atoms with Gasteiger partial charge in [-0.05, 0) is 42.3 Å². The Balaban J connectivity index is 1.62. The summed E-state index contributed by atoms with van der Waals surface area (Å²) < 4.78 is 10.7. The van der Waals surface area contributed by atoms with E-state index in [1.54, 1.807) is 42.2 Å². The number of carboxylic acids is 1. The molecule has 0 saturated heterocycles. The lowest BCUT2D eigenvalue weighted by Crippen LogP contribution is -2.23. The van der Waals surface area contributed by atoms with Crippen LogP contribution in [0.25, 0.3) is 0 Å². The van der Waals surface area contributed by atoms with Gasteiger partial charge in [-0.25, -0.2) is 0 Å². The molecule has 0 aliphatic carbocycles. The molecule has 24 heavy (non-hydrogen) atoms. The van der Waals surface area contributed by atoms with Crippen molar-refractivity contribution in [1.29, 1.82) is 0 Å². The third kappa shape index (κ3) is 2.19. The number of amides is 1. The number of anilines is 1. The molecule has 0 spiro atoms. The molecule has 1 unspecified atom stereocenters. The Bertz CT molecular complexity index is 843. The van der Waals surface area contributed by atoms with Crippen LogP contribution in [-0.2, 0) is 11.3 Å². The maximum absolute atomic E-state index is 12.7. The quantitative estimate of drug-likeness (QED) is 0.939. The minimum absolute atomic E-state index is 0.0951. The lowest BCUT2D eigenvalue weighted by atomic mass is 10.0. The standard InChI is InChI=1S/C18H15NO5/c1-10(18(21)22)11-2-4-13(5-3-11)19-8-12-6-15-16(24-9-23-15)7-14(12)17(19)20/h2-7,10H,8-9H2,1H3,(H,21,22). The van der Waals surface area contributed by atoms with Crippen molar-refractivity contribution in [2.45, 2.75) is 19.4 Å². The van der Waals surface area contributed by atoms with E-state index >= 15 is 0 Å². The van der Waals surface area contributed by atoms with Crippen LogP contribution < -0.4 is 14.4 Å². The van der Waals surface area contributed by atoms with E-state index in [2.05, 4.69) is 0 Å². The van der Waals surface area contributed by atoms with Crippen molar-refractivity contribution in [3.63, 3.8) is 0 Å². The average molecular weight is 325 g/mol. The average Bonchev–Trinajstić information content (AvgIpc) is 3.16. The molecule has 0 aromatic heterocycles. The molecule has 2 aliphatic heterocycles. The Kier molecular flexibility index (Phi) is 3.19. The fraction of sp³-hybridized carbons (Fsp3) is 0.222. The molecule has 0 bridgehead atoms. The Hall–Kier alpha value is -3.02. The largest absolute Gasteiger partial charge is 0.481 e. The first kappa shape index (κ1) is 14.6. The summed E-state index contributed by atoms with van der Waals surface area (Å²) in [5.74, 6) is -0.296. The smallest absolute Gasteiger partial charge is 0.310 e. The van der Waals surface area contributed by atoms with Crippen LogP contribution >= 0.6 is 0 Å². The van der Waals surface area contributed by atoms with Gasteiger partial charge >= 0.3 is 5.97 Å². The fourth-order valence-electron chi connectivity index (χ4n) is 3.00. The lowest BCUT2D eigenvalue weighted by molar-refractivity contribution is -0.138. The van der Waals surface area contributed by atoms with Gasteiger partial charge in [0.25, 0.3) is 5.91 Å². The Morgan fingerprint density at radius 2 is 1.83 bits per heavy atom. The minimum Gasteiger partial charge on any atom is -0.481 e. The zero-order valence-corrected chi connectivity index (χ0v) is 13.0. The first-order chi connectivity index (χ1) is 11.5. The Morgan fingerprint density at radius 1 is 1.17 bits per heavy atom. The van der Waals surface area contributed by atoms with Crippen molar-refractivity contribution in [2.24, 2.45) is 0 Å². The van der Waals surface area contributed by atoms with Crippen molar-refractivity contribution in [2.75, 3.05) is 11.7 Å². The summed E-state index contributed by atoms with van der Waals surface area (Å²) in [4.78, 5) is 25.4. The van der Waals surface area contributed by atoms with E-state index in [1.807, 2.05) is 6.07 Å². The van der Waals surface area contributed by atoms with Gasteiger partial charge in [0.1, 0.15) is 0 Å². The summed E-state index contributed by atoms with van der Waals surface area (Å²) in [6.45, 7) is 2.27. The summed E-state index contributed by atoms with van der Waals surface area (Å²) >= 11 is 0. The monoisotopic (exact) mass is 325 g/mol. The minimum atomic E-state index is -0.873. The summed E-state index contributed by atoms with van der Waals surface area (Å²) in [6, 6.07) is 10.6. The normalized spacial score (nSPS) is 16.2. The van der Waals surface area contributed by atoms with Crippen molar-refractivity contribution in [1.82, 2.24) is 0 Å². The number of carboxylic acid groups (broad SMARTS) is 1. The van der Waals surface area contributed by atoms with E-state index in [4.69, 9.17) is 14.6 Å². The number of ether oxygens (including phenoxy) is 2. The van der Waals surface area contributed by atoms with Gasteiger partial charge in [0.2, 0.25) is 6.79 Å². The molecule has 2 aromatic carbocycles. The second-order valence-corrected chi connectivity index (χ2v) is 5.91. The highest BCUT2D eigenvalue weighted by Gasteiger charge is 2.31. The number of carbonyl (C=O) groups is 2. The van der Waals surface area contributed by atoms with Gasteiger partial charge in [0, 0.05) is 11.3 Å². The predicted octanol–water partition coefficient (Wildman–Crippen LogP) is 2.76. The van der Waals surface area contributed by atoms with E-state index in [1.165, 1.54) is 0 Å². The summed E-state index contributed by atoms with van der Waals surface area (Å²) in [5.41, 5.74) is 2.95. The number of nitrogens with zero attached hydrogens (tertiary/aromatic N) is 1. The fourth-order valence-corrected chi connectivity index (χ4v) is 3.00. The summed E-state index contributed by atoms with van der Waals surface area (Å²) in [5, 5.41) is 9.07. The van der Waals surface area contributed by atoms with E-state index in [0.717, 1.165) is 11.3 Å². The molecule has 6 heteroatoms. The molecule has 4 rings (SSSR count). The Labute approximate surface area is 138 Å². The molecule has 1 N–H and O–H groups in total. The van der Waals surface area contributed by atoms with Crippen molar-refractivity contribution in [3.8, 4) is 11.5 Å². The first-order valence-corrected chi connectivity index (χ1v) is 7.62. The second kappa shape index (κ2) is 5.26. The van der Waals surface area contributed by atoms with Crippen molar-refractivity contribution in [3.05, 3.63) is 53.1 Å². The van der Waals surface area contributed by atoms with Crippen molar-refractivity contribution >= 4 is 17.6 Å². The van der Waals surface area contributed by atoms with Crippen LogP contribution in [0.3, 0.4) is 0 Å². The van der Waals surface area contributed by atoms with Gasteiger partial charge < -0.3 is 19.5 Å². The van der Waals surface area contributed by atoms with Gasteiger partial charge in [0.05, 0.1) is 12.5 Å². The number of carbonyl (C=O) groups excluding carboxylic acids is 1. The highest BCUT2D eigenvalue weighted by Crippen LogP contribution is 2.39. The molecule has 122 valence electrons. The molecule has 1 atom stereocenters. The zero-order valence-electron chi connectivity index (χ0n) is 13.0. The number of aliphatic carboxylic acids is 1. The lowest BCUT2D eigenvalue weighted by Gasteiger charge is -2.16. The molecule has 6 nitrogen and oxygen atoms in total. The molecule has 0 fully saturated rings. The molecule has 0 radical (unpaired) electrons. The van der Waals surface area contributed by atoms with Gasteiger partial charge in [-0.3, -0.25) is 9.59 Å². The van der Waals surface area contributed by atoms with Crippen LogP contribution in [-0.4, -0.2) is 23.8 Å². The highest BCUT2D eigenvalue weighted by atomic mass is 16.7. The van der Waals surface area contributed by atoms with E-state index in [0.29, 0.717) is 29.2 Å². The molecular formula is C18H15NO5. The maximum Gasteiger partial charge on any atom is 0.310 e. The van der Waals surface area contributed by atoms with Gasteiger partial charge in [-0.1, -0.05) is 12.1 Å². The SMILES string of the molecule is CC(C(=O)O)c1ccc(N2Cc3cc4c(cc3C2=O)OCO4)cc1. The molecule has 2 aliphatic rings. The van der Waals surface area contributed by atoms with E-state index in [9.17, 15) is 9.59 Å². The predicted molar refractivity (Wildman–Crippen MR) is 85.6 cm³/mol. The maximum atomic E-state index is 12.7. The van der Waals surface area contributed by atoms with Crippen LogP contribution in [0, 0.1) is 0 Å². The molecular weight excluding hydrogens is 310 g/mol. The zero-order chi connectivity index (χ0) is 16.8. The topological polar surface area (TPSA) is 76.1 Å².